The number of ether oxygens (including phenoxy) is 3. The summed E-state index contributed by atoms with van der Waals surface area (Å²) in [5.41, 5.74) is 3.23. The molecule has 2 heterocycles. The number of anilines is 2. The maximum atomic E-state index is 12.5. The Morgan fingerprint density at radius 2 is 1.97 bits per heavy atom. The van der Waals surface area contributed by atoms with Crippen molar-refractivity contribution in [3.8, 4) is 17.5 Å². The maximum absolute atomic E-state index is 12.5. The number of aromatic nitrogens is 2. The SMILES string of the molecule is COCOC1CCN(c2ccc(NC(=O)Oc3cnn(-c4ccc(Cl)cc4)c3C)cc2C#N)CC1. The van der Waals surface area contributed by atoms with E-state index in [2.05, 4.69) is 21.4 Å². The van der Waals surface area contributed by atoms with E-state index in [1.807, 2.05) is 18.2 Å². The van der Waals surface area contributed by atoms with Crippen molar-refractivity contribution in [2.24, 2.45) is 0 Å². The number of rotatable bonds is 7. The molecule has 0 atom stereocenters. The number of nitrogens with zero attached hydrogens (tertiary/aromatic N) is 4. The van der Waals surface area contributed by atoms with Gasteiger partial charge in [-0.25, -0.2) is 9.48 Å². The first kappa shape index (κ1) is 24.5. The topological polar surface area (TPSA) is 102 Å². The lowest BCUT2D eigenvalue weighted by atomic mass is 10.0. The first-order chi connectivity index (χ1) is 17.0. The van der Waals surface area contributed by atoms with Crippen LogP contribution in [-0.2, 0) is 9.47 Å². The summed E-state index contributed by atoms with van der Waals surface area (Å²) in [5.74, 6) is 0.327. The van der Waals surface area contributed by atoms with Gasteiger partial charge in [0.2, 0.25) is 0 Å². The largest absolute Gasteiger partial charge is 0.417 e. The molecule has 0 unspecified atom stereocenters. The van der Waals surface area contributed by atoms with Crippen LogP contribution >= 0.6 is 11.6 Å². The number of halogens is 1. The van der Waals surface area contributed by atoms with Crippen LogP contribution in [0.15, 0.2) is 48.7 Å². The molecule has 1 N–H and O–H groups in total. The van der Waals surface area contributed by atoms with Gasteiger partial charge in [0.05, 0.1) is 34.9 Å². The van der Waals surface area contributed by atoms with Gasteiger partial charge in [0.15, 0.2) is 5.75 Å². The summed E-state index contributed by atoms with van der Waals surface area (Å²) in [4.78, 5) is 14.7. The summed E-state index contributed by atoms with van der Waals surface area (Å²) >= 11 is 5.95. The molecule has 9 nitrogen and oxygen atoms in total. The lowest BCUT2D eigenvalue weighted by molar-refractivity contribution is -0.0780. The number of carbonyl (C=O) groups is 1. The Kier molecular flexibility index (Phi) is 7.87. The highest BCUT2D eigenvalue weighted by Crippen LogP contribution is 2.28. The average molecular weight is 496 g/mol. The van der Waals surface area contributed by atoms with Crippen LogP contribution in [0, 0.1) is 18.3 Å². The first-order valence-electron chi connectivity index (χ1n) is 11.2. The number of piperidine rings is 1. The molecule has 3 aromatic rings. The number of nitriles is 1. The second-order valence-corrected chi connectivity index (χ2v) is 8.54. The Hall–Kier alpha value is -3.58. The van der Waals surface area contributed by atoms with Gasteiger partial charge >= 0.3 is 6.09 Å². The van der Waals surface area contributed by atoms with Gasteiger partial charge in [-0.1, -0.05) is 11.6 Å². The Balaban J connectivity index is 1.39. The summed E-state index contributed by atoms with van der Waals surface area (Å²) in [7, 11) is 1.61. The summed E-state index contributed by atoms with van der Waals surface area (Å²) in [6.07, 6.45) is 2.66. The van der Waals surface area contributed by atoms with Gasteiger partial charge in [0.25, 0.3) is 0 Å². The molecule has 2 aromatic carbocycles. The van der Waals surface area contributed by atoms with E-state index in [-0.39, 0.29) is 12.9 Å². The average Bonchev–Trinajstić information content (AvgIpc) is 3.23. The van der Waals surface area contributed by atoms with E-state index in [9.17, 15) is 10.1 Å². The monoisotopic (exact) mass is 495 g/mol. The van der Waals surface area contributed by atoms with Crippen molar-refractivity contribution >= 4 is 29.1 Å². The highest BCUT2D eigenvalue weighted by molar-refractivity contribution is 6.30. The summed E-state index contributed by atoms with van der Waals surface area (Å²) < 4.78 is 17.7. The second-order valence-electron chi connectivity index (χ2n) is 8.10. The van der Waals surface area contributed by atoms with Crippen molar-refractivity contribution in [2.45, 2.75) is 25.9 Å². The molecule has 35 heavy (non-hydrogen) atoms. The molecule has 1 saturated heterocycles. The van der Waals surface area contributed by atoms with Crippen LogP contribution in [0.1, 0.15) is 24.1 Å². The van der Waals surface area contributed by atoms with Crippen molar-refractivity contribution in [3.63, 3.8) is 0 Å². The highest BCUT2D eigenvalue weighted by atomic mass is 35.5. The van der Waals surface area contributed by atoms with Crippen LogP contribution in [0.5, 0.6) is 5.75 Å². The number of hydrogen-bond acceptors (Lipinski definition) is 7. The molecule has 1 aliphatic rings. The zero-order valence-corrected chi connectivity index (χ0v) is 20.3. The summed E-state index contributed by atoms with van der Waals surface area (Å²) in [6.45, 7) is 3.63. The number of amides is 1. The van der Waals surface area contributed by atoms with Crippen LogP contribution in [0.3, 0.4) is 0 Å². The molecule has 182 valence electrons. The van der Waals surface area contributed by atoms with Crippen molar-refractivity contribution in [1.29, 1.82) is 5.26 Å². The first-order valence-corrected chi connectivity index (χ1v) is 11.6. The highest BCUT2D eigenvalue weighted by Gasteiger charge is 2.22. The fourth-order valence-electron chi connectivity index (χ4n) is 3.99. The lowest BCUT2D eigenvalue weighted by Crippen LogP contribution is -2.37. The lowest BCUT2D eigenvalue weighted by Gasteiger charge is -2.34. The van der Waals surface area contributed by atoms with E-state index in [1.165, 1.54) is 6.20 Å². The van der Waals surface area contributed by atoms with E-state index >= 15 is 0 Å². The number of nitrogens with one attached hydrogen (secondary N) is 1. The summed E-state index contributed by atoms with van der Waals surface area (Å²) in [6, 6.07) is 14.7. The zero-order valence-electron chi connectivity index (χ0n) is 19.5. The quantitative estimate of drug-likeness (QED) is 0.465. The van der Waals surface area contributed by atoms with Crippen LogP contribution < -0.4 is 15.0 Å². The number of benzene rings is 2. The number of hydrogen-bond donors (Lipinski definition) is 1. The van der Waals surface area contributed by atoms with Crippen molar-refractivity contribution in [2.75, 3.05) is 37.2 Å². The molecule has 1 aromatic heterocycles. The van der Waals surface area contributed by atoms with Crippen molar-refractivity contribution in [1.82, 2.24) is 9.78 Å². The second kappa shape index (κ2) is 11.2. The van der Waals surface area contributed by atoms with Gasteiger partial charge in [0.1, 0.15) is 12.9 Å². The molecule has 4 rings (SSSR count). The minimum atomic E-state index is -0.670. The molecule has 1 fully saturated rings. The van der Waals surface area contributed by atoms with Gasteiger partial charge in [-0.3, -0.25) is 5.32 Å². The molecule has 1 amide bonds. The predicted octanol–water partition coefficient (Wildman–Crippen LogP) is 4.91. The van der Waals surface area contributed by atoms with Crippen LogP contribution in [0.25, 0.3) is 5.69 Å². The smallest absolute Gasteiger partial charge is 0.406 e. The number of carbonyl (C=O) groups excluding carboxylic acids is 1. The van der Waals surface area contributed by atoms with Crippen molar-refractivity contribution < 1.29 is 19.0 Å². The van der Waals surface area contributed by atoms with Crippen LogP contribution in [0.4, 0.5) is 16.2 Å². The van der Waals surface area contributed by atoms with Gasteiger partial charge in [0, 0.05) is 30.9 Å². The Morgan fingerprint density at radius 1 is 1.23 bits per heavy atom. The van der Waals surface area contributed by atoms with Gasteiger partial charge in [-0.2, -0.15) is 10.4 Å². The molecule has 0 aliphatic carbocycles. The maximum Gasteiger partial charge on any atom is 0.417 e. The Morgan fingerprint density at radius 3 is 2.66 bits per heavy atom. The Labute approximate surface area is 208 Å². The van der Waals surface area contributed by atoms with Gasteiger partial charge in [-0.05, 0) is 62.2 Å². The van der Waals surface area contributed by atoms with E-state index in [0.29, 0.717) is 27.7 Å². The van der Waals surface area contributed by atoms with Crippen LogP contribution in [-0.4, -0.2) is 49.0 Å². The van der Waals surface area contributed by atoms with E-state index in [1.54, 1.807) is 43.0 Å². The molecule has 0 bridgehead atoms. The zero-order chi connectivity index (χ0) is 24.8. The van der Waals surface area contributed by atoms with E-state index in [0.717, 1.165) is 37.3 Å². The molecule has 0 spiro atoms. The van der Waals surface area contributed by atoms with E-state index in [4.69, 9.17) is 25.8 Å². The van der Waals surface area contributed by atoms with Crippen molar-refractivity contribution in [3.05, 3.63) is 64.9 Å². The molecule has 1 aliphatic heterocycles. The third kappa shape index (κ3) is 5.92. The van der Waals surface area contributed by atoms with Crippen LogP contribution in [0.2, 0.25) is 5.02 Å². The minimum absolute atomic E-state index is 0.153. The number of methoxy groups -OCH3 is 1. The Bertz CT molecular complexity index is 1210. The minimum Gasteiger partial charge on any atom is -0.406 e. The third-order valence-electron chi connectivity index (χ3n) is 5.81. The molecular weight excluding hydrogens is 470 g/mol. The predicted molar refractivity (Wildman–Crippen MR) is 132 cm³/mol. The fourth-order valence-corrected chi connectivity index (χ4v) is 4.11. The molecule has 0 saturated carbocycles. The summed E-state index contributed by atoms with van der Waals surface area (Å²) in [5, 5.41) is 17.3. The standard InChI is InChI=1S/C25H26ClN5O4/c1-17-24(15-28-31(17)21-6-3-19(26)4-7-21)35-25(32)29-20-5-8-23(18(13-20)14-27)30-11-9-22(10-12-30)34-16-33-2/h3-8,13,15,22H,9-12,16H2,1-2H3,(H,29,32). The third-order valence-corrected chi connectivity index (χ3v) is 6.06. The fraction of sp³-hybridized carbons (Fsp3) is 0.320. The molecule has 10 heteroatoms. The van der Waals surface area contributed by atoms with Gasteiger partial charge < -0.3 is 19.1 Å². The molecular formula is C25H26ClN5O4. The normalized spacial score (nSPS) is 13.9. The van der Waals surface area contributed by atoms with E-state index < -0.39 is 6.09 Å². The molecule has 0 radical (unpaired) electrons. The van der Waals surface area contributed by atoms with Gasteiger partial charge in [-0.15, -0.1) is 0 Å².